The zero-order valence-corrected chi connectivity index (χ0v) is 11.7. The minimum atomic E-state index is -0.397. The molecule has 4 nitrogen and oxygen atoms in total. The highest BCUT2D eigenvalue weighted by atomic mass is 19.1. The van der Waals surface area contributed by atoms with Crippen LogP contribution in [0.15, 0.2) is 24.3 Å². The first kappa shape index (κ1) is 15.4. The van der Waals surface area contributed by atoms with Crippen molar-refractivity contribution in [3.63, 3.8) is 0 Å². The minimum Gasteiger partial charge on any atom is -0.328 e. The van der Waals surface area contributed by atoms with Crippen molar-refractivity contribution in [2.45, 2.75) is 32.7 Å². The van der Waals surface area contributed by atoms with Crippen LogP contribution >= 0.6 is 0 Å². The van der Waals surface area contributed by atoms with Crippen molar-refractivity contribution < 1.29 is 9.18 Å². The average molecular weight is 267 g/mol. The number of halogens is 1. The molecule has 0 aliphatic heterocycles. The average Bonchev–Trinajstić information content (AvgIpc) is 2.39. The van der Waals surface area contributed by atoms with Crippen molar-refractivity contribution in [2.75, 3.05) is 18.4 Å². The van der Waals surface area contributed by atoms with Gasteiger partial charge in [0.15, 0.2) is 0 Å². The van der Waals surface area contributed by atoms with Crippen molar-refractivity contribution in [3.8, 4) is 0 Å². The van der Waals surface area contributed by atoms with Crippen molar-refractivity contribution >= 4 is 11.7 Å². The number of carbonyl (C=O) groups excluding carboxylic acids is 1. The molecule has 106 valence electrons. The van der Waals surface area contributed by atoms with E-state index in [1.54, 1.807) is 17.0 Å². The zero-order chi connectivity index (χ0) is 14.5. The molecule has 0 saturated heterocycles. The number of hydrogen-bond donors (Lipinski definition) is 2. The van der Waals surface area contributed by atoms with Crippen molar-refractivity contribution in [3.05, 3.63) is 30.1 Å². The fourth-order valence-corrected chi connectivity index (χ4v) is 1.97. The van der Waals surface area contributed by atoms with Gasteiger partial charge in [0.25, 0.3) is 0 Å². The number of nitrogens with zero attached hydrogens (tertiary/aromatic N) is 1. The molecule has 0 spiro atoms. The first-order valence-electron chi connectivity index (χ1n) is 6.51. The van der Waals surface area contributed by atoms with E-state index in [1.165, 1.54) is 12.1 Å². The maximum absolute atomic E-state index is 13.1. The number of nitrogens with two attached hydrogens (primary N) is 1. The van der Waals surface area contributed by atoms with E-state index >= 15 is 0 Å². The summed E-state index contributed by atoms with van der Waals surface area (Å²) in [6.45, 7) is 6.76. The molecule has 0 fully saturated rings. The molecule has 0 saturated carbocycles. The lowest BCUT2D eigenvalue weighted by molar-refractivity contribution is 0.140. The summed E-state index contributed by atoms with van der Waals surface area (Å²) in [6.07, 6.45) is 0.758. The van der Waals surface area contributed by atoms with Crippen LogP contribution in [0.25, 0.3) is 0 Å². The number of urea groups is 1. The summed E-state index contributed by atoms with van der Waals surface area (Å²) in [5, 5.41) is 2.70. The Balaban J connectivity index is 2.85. The number of hydrogen-bond acceptors (Lipinski definition) is 2. The summed E-state index contributed by atoms with van der Waals surface area (Å²) < 4.78 is 13.1. The number of rotatable bonds is 5. The van der Waals surface area contributed by atoms with E-state index in [4.69, 9.17) is 5.73 Å². The Bertz CT molecular complexity index is 432. The largest absolute Gasteiger partial charge is 0.328 e. The minimum absolute atomic E-state index is 0.261. The molecule has 0 radical (unpaired) electrons. The topological polar surface area (TPSA) is 58.4 Å². The lowest BCUT2D eigenvalue weighted by atomic mass is 9.97. The second-order valence-corrected chi connectivity index (χ2v) is 4.74. The van der Waals surface area contributed by atoms with Crippen molar-refractivity contribution in [2.24, 2.45) is 5.73 Å². The van der Waals surface area contributed by atoms with Crippen LogP contribution in [0.4, 0.5) is 14.9 Å². The third kappa shape index (κ3) is 3.67. The molecule has 1 unspecified atom stereocenters. The van der Waals surface area contributed by atoms with Gasteiger partial charge in [-0.25, -0.2) is 9.18 Å². The zero-order valence-electron chi connectivity index (χ0n) is 11.7. The molecule has 1 aromatic rings. The van der Waals surface area contributed by atoms with Crippen LogP contribution in [-0.2, 0) is 0 Å². The van der Waals surface area contributed by atoms with Crippen molar-refractivity contribution in [1.82, 2.24) is 4.90 Å². The number of nitrogens with one attached hydrogen (secondary N) is 1. The molecule has 0 heterocycles. The Morgan fingerprint density at radius 3 is 2.63 bits per heavy atom. The van der Waals surface area contributed by atoms with E-state index in [0.29, 0.717) is 18.8 Å². The summed E-state index contributed by atoms with van der Waals surface area (Å²) in [6, 6.07) is 5.58. The van der Waals surface area contributed by atoms with Crippen molar-refractivity contribution in [1.29, 1.82) is 0 Å². The highest BCUT2D eigenvalue weighted by Gasteiger charge is 2.31. The Morgan fingerprint density at radius 2 is 2.16 bits per heavy atom. The summed E-state index contributed by atoms with van der Waals surface area (Å²) >= 11 is 0. The summed E-state index contributed by atoms with van der Waals surface area (Å²) in [7, 11) is 0. The molecular formula is C14H22FN3O. The van der Waals surface area contributed by atoms with Crippen LogP contribution in [0, 0.1) is 5.82 Å². The summed E-state index contributed by atoms with van der Waals surface area (Å²) in [5.41, 5.74) is 5.81. The number of carbonyl (C=O) groups is 1. The van der Waals surface area contributed by atoms with Gasteiger partial charge in [-0.15, -0.1) is 0 Å². The van der Waals surface area contributed by atoms with Gasteiger partial charge in [-0.3, -0.25) is 0 Å². The van der Waals surface area contributed by atoms with Crippen LogP contribution in [0.5, 0.6) is 0 Å². The number of amides is 2. The van der Waals surface area contributed by atoms with E-state index in [1.807, 2.05) is 20.8 Å². The van der Waals surface area contributed by atoms with Gasteiger partial charge < -0.3 is 16.0 Å². The van der Waals surface area contributed by atoms with E-state index in [0.717, 1.165) is 6.42 Å². The van der Waals surface area contributed by atoms with Crippen LogP contribution < -0.4 is 11.1 Å². The highest BCUT2D eigenvalue weighted by Crippen LogP contribution is 2.19. The van der Waals surface area contributed by atoms with Crippen LogP contribution in [0.3, 0.4) is 0 Å². The standard InChI is InChI=1S/C14H22FN3O/c1-4-14(3,10-16)18(5-2)13(19)17-12-8-6-7-11(15)9-12/h6-9H,4-5,10,16H2,1-3H3,(H,17,19). The molecule has 1 rings (SSSR count). The normalized spacial score (nSPS) is 13.7. The van der Waals surface area contributed by atoms with Gasteiger partial charge in [0.1, 0.15) is 5.82 Å². The summed E-state index contributed by atoms with van der Waals surface area (Å²) in [4.78, 5) is 13.9. The van der Waals surface area contributed by atoms with Crippen LogP contribution in [-0.4, -0.2) is 29.6 Å². The quantitative estimate of drug-likeness (QED) is 0.861. The Hall–Kier alpha value is -1.62. The van der Waals surface area contributed by atoms with Crippen LogP contribution in [0.1, 0.15) is 27.2 Å². The molecule has 3 N–H and O–H groups in total. The molecule has 0 aliphatic rings. The SMILES string of the molecule is CCN(C(=O)Nc1cccc(F)c1)C(C)(CC)CN. The van der Waals surface area contributed by atoms with E-state index in [-0.39, 0.29) is 11.8 Å². The molecule has 1 aromatic carbocycles. The van der Waals surface area contributed by atoms with E-state index in [2.05, 4.69) is 5.32 Å². The second kappa shape index (κ2) is 6.52. The molecule has 0 bridgehead atoms. The third-order valence-electron chi connectivity index (χ3n) is 3.49. The Morgan fingerprint density at radius 1 is 1.47 bits per heavy atom. The second-order valence-electron chi connectivity index (χ2n) is 4.74. The molecular weight excluding hydrogens is 245 g/mol. The Kier molecular flexibility index (Phi) is 5.30. The van der Waals surface area contributed by atoms with Gasteiger partial charge >= 0.3 is 6.03 Å². The molecule has 1 atom stereocenters. The number of benzene rings is 1. The van der Waals surface area contributed by atoms with E-state index < -0.39 is 5.54 Å². The molecule has 2 amide bonds. The number of anilines is 1. The smallest absolute Gasteiger partial charge is 0.322 e. The first-order chi connectivity index (χ1) is 8.96. The maximum Gasteiger partial charge on any atom is 0.322 e. The fourth-order valence-electron chi connectivity index (χ4n) is 1.97. The van der Waals surface area contributed by atoms with Gasteiger partial charge in [-0.05, 0) is 38.5 Å². The molecule has 5 heteroatoms. The number of likely N-dealkylation sites (N-methyl/N-ethyl adjacent to an activating group) is 1. The van der Waals surface area contributed by atoms with E-state index in [9.17, 15) is 9.18 Å². The fraction of sp³-hybridized carbons (Fsp3) is 0.500. The predicted octanol–water partition coefficient (Wildman–Crippen LogP) is 2.81. The molecule has 19 heavy (non-hydrogen) atoms. The first-order valence-corrected chi connectivity index (χ1v) is 6.51. The lowest BCUT2D eigenvalue weighted by Gasteiger charge is -2.39. The highest BCUT2D eigenvalue weighted by molar-refractivity contribution is 5.89. The lowest BCUT2D eigenvalue weighted by Crippen LogP contribution is -2.55. The van der Waals surface area contributed by atoms with Gasteiger partial charge in [-0.2, -0.15) is 0 Å². The van der Waals surface area contributed by atoms with Crippen LogP contribution in [0.2, 0.25) is 0 Å². The Labute approximate surface area is 113 Å². The third-order valence-corrected chi connectivity index (χ3v) is 3.49. The maximum atomic E-state index is 13.1. The van der Waals surface area contributed by atoms with Gasteiger partial charge in [0.05, 0.1) is 5.54 Å². The molecule has 0 aliphatic carbocycles. The monoisotopic (exact) mass is 267 g/mol. The van der Waals surface area contributed by atoms with Gasteiger partial charge in [0.2, 0.25) is 0 Å². The summed E-state index contributed by atoms with van der Waals surface area (Å²) in [5.74, 6) is -0.377. The molecule has 0 aromatic heterocycles. The predicted molar refractivity (Wildman–Crippen MR) is 75.5 cm³/mol. The van der Waals surface area contributed by atoms with Gasteiger partial charge in [-0.1, -0.05) is 13.0 Å². The van der Waals surface area contributed by atoms with Gasteiger partial charge in [0, 0.05) is 18.8 Å².